The zero-order valence-corrected chi connectivity index (χ0v) is 14.8. The van der Waals surface area contributed by atoms with E-state index in [9.17, 15) is 27.2 Å². The first-order valence-electron chi connectivity index (χ1n) is 8.41. The van der Waals surface area contributed by atoms with Gasteiger partial charge in [0.1, 0.15) is 11.7 Å². The van der Waals surface area contributed by atoms with Crippen LogP contribution < -0.4 is 11.3 Å². The molecule has 2 N–H and O–H groups in total. The van der Waals surface area contributed by atoms with E-state index < -0.39 is 41.3 Å². The van der Waals surface area contributed by atoms with Gasteiger partial charge in [0.05, 0.1) is 5.56 Å². The molecule has 1 fully saturated rings. The quantitative estimate of drug-likeness (QED) is 0.742. The van der Waals surface area contributed by atoms with Crippen LogP contribution in [0.1, 0.15) is 43.9 Å². The van der Waals surface area contributed by atoms with Crippen LogP contribution in [-0.2, 0) is 17.4 Å². The molecule has 5 nitrogen and oxygen atoms in total. The standard InChI is InChI=1S/C17H23F4N3O2/c1-16(2,18)9-13(15(22)26)24-10-11(4-7-23-5-3-6-23)12(8-14(24)25)17(19,20)21/h8,10,13H,3-7,9H2,1-2H3,(H2,22,26). The van der Waals surface area contributed by atoms with E-state index in [1.807, 2.05) is 4.90 Å². The number of alkyl halides is 4. The number of primary amides is 1. The summed E-state index contributed by atoms with van der Waals surface area (Å²) in [6.45, 7) is 4.48. The van der Waals surface area contributed by atoms with Gasteiger partial charge in [0, 0.05) is 25.2 Å². The number of hydrogen-bond donors (Lipinski definition) is 1. The van der Waals surface area contributed by atoms with Gasteiger partial charge in [0.25, 0.3) is 5.56 Å². The SMILES string of the molecule is CC(C)(F)CC(C(N)=O)n1cc(CCN2CCC2)c(C(F)(F)F)cc1=O. The van der Waals surface area contributed by atoms with Crippen molar-refractivity contribution in [1.29, 1.82) is 0 Å². The predicted molar refractivity (Wildman–Crippen MR) is 88.5 cm³/mol. The average molecular weight is 377 g/mol. The van der Waals surface area contributed by atoms with Gasteiger partial charge in [0.2, 0.25) is 5.91 Å². The number of aromatic nitrogens is 1. The lowest BCUT2D eigenvalue weighted by Crippen LogP contribution is -2.40. The van der Waals surface area contributed by atoms with Gasteiger partial charge in [-0.15, -0.1) is 0 Å². The summed E-state index contributed by atoms with van der Waals surface area (Å²) in [5, 5.41) is 0. The lowest BCUT2D eigenvalue weighted by atomic mass is 9.99. The van der Waals surface area contributed by atoms with Crippen LogP contribution in [0.4, 0.5) is 17.6 Å². The third-order valence-corrected chi connectivity index (χ3v) is 4.46. The second kappa shape index (κ2) is 7.38. The molecule has 0 radical (unpaired) electrons. The summed E-state index contributed by atoms with van der Waals surface area (Å²) in [7, 11) is 0. The molecular formula is C17H23F4N3O2. The minimum absolute atomic E-state index is 0.0691. The molecule has 0 aromatic carbocycles. The smallest absolute Gasteiger partial charge is 0.368 e. The molecule has 1 aromatic rings. The summed E-state index contributed by atoms with van der Waals surface area (Å²) in [6.07, 6.45) is -3.02. The number of halogens is 4. The maximum atomic E-state index is 14.0. The molecule has 146 valence electrons. The van der Waals surface area contributed by atoms with Gasteiger partial charge in [0.15, 0.2) is 0 Å². The summed E-state index contributed by atoms with van der Waals surface area (Å²) in [5.41, 5.74) is 1.30. The molecular weight excluding hydrogens is 354 g/mol. The summed E-state index contributed by atoms with van der Waals surface area (Å²) < 4.78 is 54.7. The molecule has 1 amide bonds. The van der Waals surface area contributed by atoms with E-state index in [-0.39, 0.29) is 12.0 Å². The molecule has 0 bridgehead atoms. The van der Waals surface area contributed by atoms with Crippen LogP contribution in [0.15, 0.2) is 17.1 Å². The normalized spacial score (nSPS) is 17.0. The van der Waals surface area contributed by atoms with Gasteiger partial charge in [-0.05, 0) is 45.3 Å². The number of carbonyl (C=O) groups is 1. The van der Waals surface area contributed by atoms with E-state index in [2.05, 4.69) is 0 Å². The van der Waals surface area contributed by atoms with Crippen LogP contribution in [0, 0.1) is 0 Å². The first-order valence-corrected chi connectivity index (χ1v) is 8.41. The number of likely N-dealkylation sites (tertiary alicyclic amines) is 1. The van der Waals surface area contributed by atoms with Crippen molar-refractivity contribution in [2.45, 2.75) is 51.0 Å². The number of amides is 1. The van der Waals surface area contributed by atoms with Crippen LogP contribution in [0.3, 0.4) is 0 Å². The van der Waals surface area contributed by atoms with E-state index >= 15 is 0 Å². The molecule has 0 spiro atoms. The van der Waals surface area contributed by atoms with Crippen LogP contribution in [0.5, 0.6) is 0 Å². The Labute approximate surface area is 148 Å². The van der Waals surface area contributed by atoms with Crippen molar-refractivity contribution in [1.82, 2.24) is 9.47 Å². The topological polar surface area (TPSA) is 68.3 Å². The number of carbonyl (C=O) groups excluding carboxylic acids is 1. The molecule has 1 aliphatic rings. The van der Waals surface area contributed by atoms with Crippen molar-refractivity contribution in [3.63, 3.8) is 0 Å². The summed E-state index contributed by atoms with van der Waals surface area (Å²) >= 11 is 0. The Bertz CT molecular complexity index is 718. The van der Waals surface area contributed by atoms with Gasteiger partial charge in [-0.1, -0.05) is 0 Å². The van der Waals surface area contributed by atoms with Gasteiger partial charge in [-0.3, -0.25) is 9.59 Å². The molecule has 0 aliphatic carbocycles. The van der Waals surface area contributed by atoms with Crippen LogP contribution in [-0.4, -0.2) is 40.7 Å². The van der Waals surface area contributed by atoms with Gasteiger partial charge in [-0.2, -0.15) is 13.2 Å². The molecule has 9 heteroatoms. The highest BCUT2D eigenvalue weighted by molar-refractivity contribution is 5.78. The second-order valence-corrected chi connectivity index (χ2v) is 7.24. The lowest BCUT2D eigenvalue weighted by Gasteiger charge is -2.31. The Morgan fingerprint density at radius 3 is 2.31 bits per heavy atom. The molecule has 1 atom stereocenters. The maximum Gasteiger partial charge on any atom is 0.416 e. The Balaban J connectivity index is 2.44. The number of nitrogens with zero attached hydrogens (tertiary/aromatic N) is 2. The van der Waals surface area contributed by atoms with Gasteiger partial charge < -0.3 is 15.2 Å². The number of nitrogens with two attached hydrogens (primary N) is 1. The average Bonchev–Trinajstić information content (AvgIpc) is 2.42. The predicted octanol–water partition coefficient (Wildman–Crippen LogP) is 2.28. The molecule has 0 saturated carbocycles. The maximum absolute atomic E-state index is 14.0. The number of pyridine rings is 1. The number of hydrogen-bond acceptors (Lipinski definition) is 3. The fraction of sp³-hybridized carbons (Fsp3) is 0.647. The largest absolute Gasteiger partial charge is 0.416 e. The minimum Gasteiger partial charge on any atom is -0.368 e. The van der Waals surface area contributed by atoms with Gasteiger partial charge in [-0.25, -0.2) is 4.39 Å². The first kappa shape index (κ1) is 20.4. The van der Waals surface area contributed by atoms with Crippen molar-refractivity contribution in [3.8, 4) is 0 Å². The Morgan fingerprint density at radius 2 is 1.88 bits per heavy atom. The van der Waals surface area contributed by atoms with Crippen molar-refractivity contribution < 1.29 is 22.4 Å². The number of rotatable bonds is 7. The van der Waals surface area contributed by atoms with Crippen molar-refractivity contribution in [3.05, 3.63) is 33.7 Å². The molecule has 1 unspecified atom stereocenters. The highest BCUT2D eigenvalue weighted by atomic mass is 19.4. The van der Waals surface area contributed by atoms with Crippen molar-refractivity contribution >= 4 is 5.91 Å². The third-order valence-electron chi connectivity index (χ3n) is 4.46. The summed E-state index contributed by atoms with van der Waals surface area (Å²) in [5.74, 6) is -0.966. The van der Waals surface area contributed by atoms with Crippen molar-refractivity contribution in [2.75, 3.05) is 19.6 Å². The van der Waals surface area contributed by atoms with Crippen LogP contribution >= 0.6 is 0 Å². The van der Waals surface area contributed by atoms with E-state index in [0.29, 0.717) is 12.6 Å². The Morgan fingerprint density at radius 1 is 1.27 bits per heavy atom. The second-order valence-electron chi connectivity index (χ2n) is 7.24. The van der Waals surface area contributed by atoms with Crippen LogP contribution in [0.25, 0.3) is 0 Å². The molecule has 26 heavy (non-hydrogen) atoms. The molecule has 1 saturated heterocycles. The Kier molecular flexibility index (Phi) is 5.79. The first-order chi connectivity index (χ1) is 11.9. The fourth-order valence-corrected chi connectivity index (χ4v) is 2.98. The molecule has 2 heterocycles. The zero-order valence-electron chi connectivity index (χ0n) is 14.8. The van der Waals surface area contributed by atoms with E-state index in [1.54, 1.807) is 0 Å². The van der Waals surface area contributed by atoms with Crippen molar-refractivity contribution in [2.24, 2.45) is 5.73 Å². The summed E-state index contributed by atoms with van der Waals surface area (Å²) in [4.78, 5) is 25.9. The third kappa shape index (κ3) is 5.06. The Hall–Kier alpha value is -1.90. The molecule has 2 rings (SSSR count). The molecule has 1 aliphatic heterocycles. The van der Waals surface area contributed by atoms with E-state index in [1.165, 1.54) is 13.8 Å². The minimum atomic E-state index is -4.69. The highest BCUT2D eigenvalue weighted by Crippen LogP contribution is 2.32. The highest BCUT2D eigenvalue weighted by Gasteiger charge is 2.36. The van der Waals surface area contributed by atoms with Gasteiger partial charge >= 0.3 is 6.18 Å². The van der Waals surface area contributed by atoms with E-state index in [0.717, 1.165) is 30.3 Å². The fourth-order valence-electron chi connectivity index (χ4n) is 2.98. The zero-order chi connectivity index (χ0) is 19.7. The summed E-state index contributed by atoms with van der Waals surface area (Å²) in [6, 6.07) is -0.889. The van der Waals surface area contributed by atoms with E-state index in [4.69, 9.17) is 5.73 Å². The van der Waals surface area contributed by atoms with Crippen LogP contribution in [0.2, 0.25) is 0 Å². The lowest BCUT2D eigenvalue weighted by molar-refractivity contribution is -0.138. The molecule has 1 aromatic heterocycles. The monoisotopic (exact) mass is 377 g/mol.